The van der Waals surface area contributed by atoms with Crippen LogP contribution in [-0.4, -0.2) is 18.0 Å². The van der Waals surface area contributed by atoms with Gasteiger partial charge < -0.3 is 15.6 Å². The minimum Gasteiger partial charge on any atom is -0.497 e. The lowest BCUT2D eigenvalue weighted by Gasteiger charge is -2.13. The molecular weight excluding hydrogens is 294 g/mol. The van der Waals surface area contributed by atoms with Crippen molar-refractivity contribution in [2.24, 2.45) is 0 Å². The molecule has 20 heavy (non-hydrogen) atoms. The number of benzene rings is 2. The summed E-state index contributed by atoms with van der Waals surface area (Å²) in [6.07, 6.45) is -0.606. The second kappa shape index (κ2) is 6.88. The lowest BCUT2D eigenvalue weighted by Crippen LogP contribution is -2.01. The number of nitrogens with two attached hydrogens (primary N) is 1. The zero-order valence-corrected chi connectivity index (χ0v) is 12.6. The Kier molecular flexibility index (Phi) is 5.17. The molecule has 5 heteroatoms. The van der Waals surface area contributed by atoms with Crippen molar-refractivity contribution in [1.29, 1.82) is 0 Å². The molecule has 0 spiro atoms. The molecule has 0 aliphatic heterocycles. The van der Waals surface area contributed by atoms with E-state index in [1.807, 2.05) is 24.3 Å². The Hall–Kier alpha value is -1.36. The quantitative estimate of drug-likeness (QED) is 0.652. The smallest absolute Gasteiger partial charge is 0.119 e. The van der Waals surface area contributed by atoms with Crippen LogP contribution in [0, 0.1) is 0 Å². The van der Waals surface area contributed by atoms with E-state index < -0.39 is 6.10 Å². The number of rotatable bonds is 5. The average molecular weight is 310 g/mol. The minimum atomic E-state index is -0.606. The van der Waals surface area contributed by atoms with Gasteiger partial charge in [-0.25, -0.2) is 0 Å². The molecule has 3 N–H and O–H groups in total. The Bertz CT molecular complexity index is 572. The van der Waals surface area contributed by atoms with Gasteiger partial charge in [-0.3, -0.25) is 0 Å². The fourth-order valence-corrected chi connectivity index (χ4v) is 3.09. The number of hydrogen-bond donors (Lipinski definition) is 2. The topological polar surface area (TPSA) is 55.5 Å². The highest BCUT2D eigenvalue weighted by molar-refractivity contribution is 7.99. The summed E-state index contributed by atoms with van der Waals surface area (Å²) >= 11 is 7.55. The van der Waals surface area contributed by atoms with Crippen LogP contribution in [0.4, 0.5) is 5.69 Å². The molecule has 2 aromatic rings. The largest absolute Gasteiger partial charge is 0.497 e. The van der Waals surface area contributed by atoms with Gasteiger partial charge in [0.05, 0.1) is 18.2 Å². The summed E-state index contributed by atoms with van der Waals surface area (Å²) in [6, 6.07) is 12.8. The lowest BCUT2D eigenvalue weighted by molar-refractivity contribution is 0.203. The van der Waals surface area contributed by atoms with Crippen LogP contribution in [0.2, 0.25) is 5.02 Å². The molecule has 2 rings (SSSR count). The van der Waals surface area contributed by atoms with Crippen molar-refractivity contribution in [3.05, 3.63) is 53.1 Å². The van der Waals surface area contributed by atoms with Gasteiger partial charge in [0.2, 0.25) is 0 Å². The molecule has 0 heterocycles. The maximum atomic E-state index is 10.2. The maximum absolute atomic E-state index is 10.2. The molecule has 0 aliphatic rings. The van der Waals surface area contributed by atoms with Crippen LogP contribution in [0.25, 0.3) is 0 Å². The van der Waals surface area contributed by atoms with Crippen LogP contribution in [0.5, 0.6) is 5.75 Å². The SMILES string of the molecule is COc1cccc(C(O)CSc2c(N)cccc2Cl)c1. The zero-order chi connectivity index (χ0) is 14.5. The van der Waals surface area contributed by atoms with E-state index in [9.17, 15) is 5.11 Å². The molecule has 0 saturated carbocycles. The predicted molar refractivity (Wildman–Crippen MR) is 84.5 cm³/mol. The summed E-state index contributed by atoms with van der Waals surface area (Å²) in [5.41, 5.74) is 7.32. The molecule has 0 bridgehead atoms. The molecule has 0 radical (unpaired) electrons. The van der Waals surface area contributed by atoms with Crippen molar-refractivity contribution >= 4 is 29.1 Å². The number of nitrogen functional groups attached to an aromatic ring is 1. The van der Waals surface area contributed by atoms with E-state index in [0.29, 0.717) is 16.5 Å². The molecule has 3 nitrogen and oxygen atoms in total. The van der Waals surface area contributed by atoms with E-state index in [0.717, 1.165) is 16.2 Å². The summed E-state index contributed by atoms with van der Waals surface area (Å²) < 4.78 is 5.15. The summed E-state index contributed by atoms with van der Waals surface area (Å²) in [6.45, 7) is 0. The second-order valence-corrected chi connectivity index (χ2v) is 5.70. The molecule has 106 valence electrons. The van der Waals surface area contributed by atoms with Crippen molar-refractivity contribution in [3.8, 4) is 5.75 Å². The molecule has 2 aromatic carbocycles. The highest BCUT2D eigenvalue weighted by Crippen LogP contribution is 2.35. The van der Waals surface area contributed by atoms with Crippen LogP contribution >= 0.6 is 23.4 Å². The first-order valence-electron chi connectivity index (χ1n) is 6.10. The molecular formula is C15H16ClNO2S. The van der Waals surface area contributed by atoms with Gasteiger partial charge in [-0.2, -0.15) is 0 Å². The van der Waals surface area contributed by atoms with Gasteiger partial charge in [0.15, 0.2) is 0 Å². The van der Waals surface area contributed by atoms with Gasteiger partial charge in [-0.15, -0.1) is 11.8 Å². The number of methoxy groups -OCH3 is 1. The van der Waals surface area contributed by atoms with Crippen molar-refractivity contribution in [2.45, 2.75) is 11.0 Å². The Labute approximate surface area is 127 Å². The first-order valence-corrected chi connectivity index (χ1v) is 7.47. The number of aliphatic hydroxyl groups excluding tert-OH is 1. The van der Waals surface area contributed by atoms with Crippen LogP contribution in [0.15, 0.2) is 47.4 Å². The first-order chi connectivity index (χ1) is 9.61. The maximum Gasteiger partial charge on any atom is 0.119 e. The van der Waals surface area contributed by atoms with Crippen LogP contribution in [0.1, 0.15) is 11.7 Å². The Morgan fingerprint density at radius 3 is 2.75 bits per heavy atom. The van der Waals surface area contributed by atoms with E-state index in [-0.39, 0.29) is 0 Å². The molecule has 0 fully saturated rings. The monoisotopic (exact) mass is 309 g/mol. The predicted octanol–water partition coefficient (Wildman–Crippen LogP) is 3.76. The van der Waals surface area contributed by atoms with E-state index in [1.54, 1.807) is 25.3 Å². The van der Waals surface area contributed by atoms with E-state index in [2.05, 4.69) is 0 Å². The second-order valence-electron chi connectivity index (χ2n) is 4.26. The molecule has 0 amide bonds. The normalized spacial score (nSPS) is 12.2. The van der Waals surface area contributed by atoms with E-state index >= 15 is 0 Å². The van der Waals surface area contributed by atoms with E-state index in [1.165, 1.54) is 11.8 Å². The minimum absolute atomic E-state index is 0.473. The highest BCUT2D eigenvalue weighted by Gasteiger charge is 2.12. The molecule has 1 atom stereocenters. The summed E-state index contributed by atoms with van der Waals surface area (Å²) in [5.74, 6) is 1.20. The average Bonchev–Trinajstić information content (AvgIpc) is 2.46. The van der Waals surface area contributed by atoms with Gasteiger partial charge >= 0.3 is 0 Å². The van der Waals surface area contributed by atoms with Crippen LogP contribution in [0.3, 0.4) is 0 Å². The van der Waals surface area contributed by atoms with Crippen molar-refractivity contribution in [2.75, 3.05) is 18.6 Å². The molecule has 0 aliphatic carbocycles. The Morgan fingerprint density at radius 1 is 1.30 bits per heavy atom. The summed E-state index contributed by atoms with van der Waals surface area (Å²) in [4.78, 5) is 0.802. The van der Waals surface area contributed by atoms with Gasteiger partial charge in [0, 0.05) is 16.3 Å². The fraction of sp³-hybridized carbons (Fsp3) is 0.200. The summed E-state index contributed by atoms with van der Waals surface area (Å²) in [5, 5.41) is 10.8. The third kappa shape index (κ3) is 3.60. The molecule has 1 unspecified atom stereocenters. The first kappa shape index (κ1) is 15.0. The third-order valence-corrected chi connectivity index (χ3v) is 4.52. The molecule has 0 aromatic heterocycles. The van der Waals surface area contributed by atoms with Crippen LogP contribution in [-0.2, 0) is 0 Å². The molecule has 0 saturated heterocycles. The number of anilines is 1. The van der Waals surface area contributed by atoms with Gasteiger partial charge in [0.1, 0.15) is 5.75 Å². The van der Waals surface area contributed by atoms with Crippen molar-refractivity contribution < 1.29 is 9.84 Å². The van der Waals surface area contributed by atoms with Gasteiger partial charge in [-0.1, -0.05) is 29.8 Å². The zero-order valence-electron chi connectivity index (χ0n) is 11.0. The van der Waals surface area contributed by atoms with Crippen molar-refractivity contribution in [1.82, 2.24) is 0 Å². The number of halogens is 1. The Balaban J connectivity index is 2.06. The fourth-order valence-electron chi connectivity index (χ4n) is 1.79. The van der Waals surface area contributed by atoms with Crippen molar-refractivity contribution in [3.63, 3.8) is 0 Å². The van der Waals surface area contributed by atoms with E-state index in [4.69, 9.17) is 22.1 Å². The lowest BCUT2D eigenvalue weighted by atomic mass is 10.1. The number of aliphatic hydroxyl groups is 1. The third-order valence-electron chi connectivity index (χ3n) is 2.86. The Morgan fingerprint density at radius 2 is 2.05 bits per heavy atom. The highest BCUT2D eigenvalue weighted by atomic mass is 35.5. The van der Waals surface area contributed by atoms with Gasteiger partial charge in [-0.05, 0) is 29.8 Å². The van der Waals surface area contributed by atoms with Crippen LogP contribution < -0.4 is 10.5 Å². The van der Waals surface area contributed by atoms with Gasteiger partial charge in [0.25, 0.3) is 0 Å². The summed E-state index contributed by atoms with van der Waals surface area (Å²) in [7, 11) is 1.60. The number of thioether (sulfide) groups is 1. The standard InChI is InChI=1S/C15H16ClNO2S/c1-19-11-5-2-4-10(8-11)14(18)9-20-15-12(16)6-3-7-13(15)17/h2-8,14,18H,9,17H2,1H3. The number of hydrogen-bond acceptors (Lipinski definition) is 4. The number of ether oxygens (including phenoxy) is 1.